The number of hydrogen-bond acceptors (Lipinski definition) is 14. The van der Waals surface area contributed by atoms with E-state index in [1.54, 1.807) is 17.7 Å². The molecular formula is C35H42N8O7S4. The summed E-state index contributed by atoms with van der Waals surface area (Å²) in [5, 5.41) is 29.2. The number of thiazole rings is 2. The van der Waals surface area contributed by atoms with Crippen molar-refractivity contribution in [1.29, 1.82) is 0 Å². The first-order valence-electron chi connectivity index (χ1n) is 17.5. The van der Waals surface area contributed by atoms with Gasteiger partial charge in [-0.25, -0.2) is 15.0 Å². The SMILES string of the molecule is CC(C)C[C@H]1NC(=O)C2N=C(O[C@@H]2C)C2CSSC[C@H](NC(=O)c3csc1n3)C(=O)N[C@@H]([C@H](C)O)C(=O)N[C@H](Cc1ccccc1)c1nc(cs1)C(=O)N2. The highest BCUT2D eigenvalue weighted by Crippen LogP contribution is 2.29. The number of aliphatic hydroxyl groups excluding tert-OH is 1. The molecule has 19 heteroatoms. The van der Waals surface area contributed by atoms with Gasteiger partial charge in [-0.2, -0.15) is 0 Å². The average molecular weight is 815 g/mol. The number of benzene rings is 1. The fraction of sp³-hybridized carbons (Fsp3) is 0.486. The third-order valence-electron chi connectivity index (χ3n) is 8.85. The van der Waals surface area contributed by atoms with Crippen molar-refractivity contribution in [3.05, 3.63) is 68.1 Å². The standard InChI is InChI=1S/C35H42N8O7S4/c1-16(2)10-20-34-40-22(12-51-34)28(45)38-24-14-53-54-15-25(33-43-27(18(4)50-33)32(49)36-20)39-29(46)23-13-52-35(41-23)21(11-19-8-6-5-7-9-19)37-31(48)26(17(3)44)42-30(24)47/h5-9,12-13,16-18,20-21,24-27,44H,10-11,14-15H2,1-4H3,(H,36,49)(H,37,48)(H,38,45)(H,39,46)(H,42,47)/t17-,18+,20+,21+,24-,25?,26-,27?/m0/s1. The molecular weight excluding hydrogens is 773 g/mol. The number of ether oxygens (including phenoxy) is 1. The summed E-state index contributed by atoms with van der Waals surface area (Å²) in [6.45, 7) is 7.14. The molecule has 3 aliphatic heterocycles. The van der Waals surface area contributed by atoms with Crippen LogP contribution in [0.3, 0.4) is 0 Å². The lowest BCUT2D eigenvalue weighted by molar-refractivity contribution is -0.132. The summed E-state index contributed by atoms with van der Waals surface area (Å²) >= 11 is 2.39. The van der Waals surface area contributed by atoms with Gasteiger partial charge in [0, 0.05) is 22.3 Å². The van der Waals surface area contributed by atoms with Gasteiger partial charge in [-0.05, 0) is 38.2 Å². The van der Waals surface area contributed by atoms with E-state index in [0.717, 1.165) is 5.56 Å². The summed E-state index contributed by atoms with van der Waals surface area (Å²) in [6, 6.07) is 3.86. The van der Waals surface area contributed by atoms with Gasteiger partial charge in [0.2, 0.25) is 23.6 Å². The molecule has 54 heavy (non-hydrogen) atoms. The Labute approximate surface area is 328 Å². The number of fused-ring (bicyclic) bond motifs is 11. The number of carbonyl (C=O) groups is 5. The molecule has 6 N–H and O–H groups in total. The highest BCUT2D eigenvalue weighted by molar-refractivity contribution is 8.76. The van der Waals surface area contributed by atoms with Crippen LogP contribution in [-0.4, -0.2) is 98.4 Å². The maximum absolute atomic E-state index is 13.9. The van der Waals surface area contributed by atoms with E-state index in [1.165, 1.54) is 51.2 Å². The van der Waals surface area contributed by atoms with Gasteiger partial charge in [-0.1, -0.05) is 65.8 Å². The average Bonchev–Trinajstić information content (AvgIpc) is 3.90. The molecule has 0 saturated heterocycles. The van der Waals surface area contributed by atoms with Crippen LogP contribution in [0.15, 0.2) is 46.1 Å². The topological polar surface area (TPSA) is 213 Å². The van der Waals surface area contributed by atoms with Crippen LogP contribution in [0.2, 0.25) is 0 Å². The van der Waals surface area contributed by atoms with Crippen molar-refractivity contribution in [1.82, 2.24) is 36.6 Å². The van der Waals surface area contributed by atoms with Gasteiger partial charge in [-0.3, -0.25) is 24.0 Å². The molecule has 6 rings (SSSR count). The molecule has 1 aromatic carbocycles. The molecule has 0 spiro atoms. The first-order chi connectivity index (χ1) is 25.9. The van der Waals surface area contributed by atoms with E-state index in [2.05, 4.69) is 41.5 Å². The van der Waals surface area contributed by atoms with E-state index in [9.17, 15) is 29.1 Å². The van der Waals surface area contributed by atoms with Crippen LogP contribution in [0.1, 0.15) is 82.8 Å². The first-order valence-corrected chi connectivity index (χ1v) is 21.8. The monoisotopic (exact) mass is 814 g/mol. The predicted octanol–water partition coefficient (Wildman–Crippen LogP) is 2.56. The van der Waals surface area contributed by atoms with Crippen molar-refractivity contribution in [2.24, 2.45) is 10.9 Å². The van der Waals surface area contributed by atoms with Gasteiger partial charge in [0.05, 0.1) is 18.2 Å². The summed E-state index contributed by atoms with van der Waals surface area (Å²) in [4.78, 5) is 82.8. The smallest absolute Gasteiger partial charge is 0.271 e. The van der Waals surface area contributed by atoms with Crippen molar-refractivity contribution in [3.63, 3.8) is 0 Å². The molecule has 0 saturated carbocycles. The lowest BCUT2D eigenvalue weighted by Gasteiger charge is -2.26. The van der Waals surface area contributed by atoms with Crippen LogP contribution >= 0.6 is 44.3 Å². The zero-order valence-corrected chi connectivity index (χ0v) is 33.2. The Bertz CT molecular complexity index is 1890. The third kappa shape index (κ3) is 9.60. The molecule has 3 aliphatic rings. The van der Waals surface area contributed by atoms with Crippen LogP contribution in [-0.2, 0) is 25.5 Å². The van der Waals surface area contributed by atoms with E-state index in [4.69, 9.17) is 4.74 Å². The fourth-order valence-electron chi connectivity index (χ4n) is 6.05. The highest BCUT2D eigenvalue weighted by Gasteiger charge is 2.39. The molecule has 3 aromatic rings. The molecule has 0 aliphatic carbocycles. The maximum atomic E-state index is 13.9. The van der Waals surface area contributed by atoms with E-state index < -0.39 is 72.1 Å². The van der Waals surface area contributed by atoms with Crippen LogP contribution in [0.25, 0.3) is 0 Å². The second-order valence-electron chi connectivity index (χ2n) is 13.7. The Morgan fingerprint density at radius 3 is 2.00 bits per heavy atom. The van der Waals surface area contributed by atoms with Crippen molar-refractivity contribution >= 4 is 79.7 Å². The lowest BCUT2D eigenvalue weighted by atomic mass is 10.0. The van der Waals surface area contributed by atoms with Crippen LogP contribution in [0.5, 0.6) is 0 Å². The van der Waals surface area contributed by atoms with Crippen LogP contribution in [0.4, 0.5) is 0 Å². The van der Waals surface area contributed by atoms with Crippen molar-refractivity contribution in [2.45, 2.75) is 89.0 Å². The van der Waals surface area contributed by atoms with E-state index in [0.29, 0.717) is 22.9 Å². The zero-order chi connectivity index (χ0) is 38.5. The van der Waals surface area contributed by atoms with Crippen molar-refractivity contribution in [2.75, 3.05) is 11.5 Å². The van der Waals surface area contributed by atoms with Crippen LogP contribution < -0.4 is 26.6 Å². The number of rotatable bonds is 5. The number of aliphatic imine (C=N–C) groups is 1. The van der Waals surface area contributed by atoms with E-state index in [1.807, 2.05) is 44.2 Å². The summed E-state index contributed by atoms with van der Waals surface area (Å²) in [5.74, 6) is -2.28. The molecule has 15 nitrogen and oxygen atoms in total. The second kappa shape index (κ2) is 17.6. The first kappa shape index (κ1) is 39.6. The molecule has 2 aromatic heterocycles. The normalized spacial score (nSPS) is 27.6. The highest BCUT2D eigenvalue weighted by atomic mass is 33.1. The number of amides is 5. The quantitative estimate of drug-likeness (QED) is 0.206. The molecule has 288 valence electrons. The van der Waals surface area contributed by atoms with Crippen molar-refractivity contribution in [3.8, 4) is 0 Å². The number of aliphatic hydroxyl groups is 1. The van der Waals surface area contributed by atoms with Crippen molar-refractivity contribution < 1.29 is 33.8 Å². The Kier molecular flexibility index (Phi) is 12.9. The van der Waals surface area contributed by atoms with Gasteiger partial charge in [0.25, 0.3) is 11.8 Å². The zero-order valence-electron chi connectivity index (χ0n) is 29.9. The number of aromatic nitrogens is 2. The Hall–Kier alpha value is -4.04. The molecule has 0 radical (unpaired) electrons. The summed E-state index contributed by atoms with van der Waals surface area (Å²) in [7, 11) is 2.53. The van der Waals surface area contributed by atoms with Gasteiger partial charge in [0.1, 0.15) is 45.6 Å². The van der Waals surface area contributed by atoms with E-state index >= 15 is 0 Å². The summed E-state index contributed by atoms with van der Waals surface area (Å²) < 4.78 is 6.14. The summed E-state index contributed by atoms with van der Waals surface area (Å²) in [6.07, 6.45) is -1.12. The number of nitrogens with zero attached hydrogens (tertiary/aromatic N) is 3. The molecule has 0 fully saturated rings. The van der Waals surface area contributed by atoms with Gasteiger partial charge < -0.3 is 36.4 Å². The Morgan fingerprint density at radius 2 is 1.37 bits per heavy atom. The molecule has 5 amide bonds. The third-order valence-corrected chi connectivity index (χ3v) is 13.2. The van der Waals surface area contributed by atoms with Gasteiger partial charge in [-0.15, -0.1) is 22.7 Å². The predicted molar refractivity (Wildman–Crippen MR) is 208 cm³/mol. The van der Waals surface area contributed by atoms with E-state index in [-0.39, 0.29) is 40.6 Å². The number of carbonyl (C=O) groups excluding carboxylic acids is 5. The largest absolute Gasteiger partial charge is 0.474 e. The fourth-order valence-corrected chi connectivity index (χ4v) is 10.1. The Morgan fingerprint density at radius 1 is 0.778 bits per heavy atom. The van der Waals surface area contributed by atoms with Crippen LogP contribution in [0, 0.1) is 5.92 Å². The number of hydrogen-bond donors (Lipinski definition) is 6. The Balaban J connectivity index is 1.41. The maximum Gasteiger partial charge on any atom is 0.271 e. The molecule has 2 unspecified atom stereocenters. The summed E-state index contributed by atoms with van der Waals surface area (Å²) in [5.41, 5.74) is 1.05. The number of nitrogens with one attached hydrogen (secondary N) is 5. The van der Waals surface area contributed by atoms with Gasteiger partial charge >= 0.3 is 0 Å². The second-order valence-corrected chi connectivity index (χ2v) is 18.0. The molecule has 5 heterocycles. The molecule has 8 atom stereocenters. The minimum absolute atomic E-state index is 0.0438. The lowest BCUT2D eigenvalue weighted by Crippen LogP contribution is -2.58. The minimum Gasteiger partial charge on any atom is -0.474 e. The minimum atomic E-state index is -1.39. The van der Waals surface area contributed by atoms with Gasteiger partial charge in [0.15, 0.2) is 6.04 Å². The molecule has 8 bridgehead atoms.